The predicted molar refractivity (Wildman–Crippen MR) is 75.5 cm³/mol. The Labute approximate surface area is 118 Å². The van der Waals surface area contributed by atoms with Gasteiger partial charge in [-0.25, -0.2) is 0 Å². The van der Waals surface area contributed by atoms with Gasteiger partial charge in [0.05, 0.1) is 6.61 Å². The van der Waals surface area contributed by atoms with Crippen LogP contribution in [-0.2, 0) is 17.6 Å². The van der Waals surface area contributed by atoms with Gasteiger partial charge in [-0.3, -0.25) is 4.79 Å². The molecule has 0 amide bonds. The Bertz CT molecular complexity index is 487. The van der Waals surface area contributed by atoms with Crippen LogP contribution in [0.1, 0.15) is 25.0 Å². The van der Waals surface area contributed by atoms with Crippen LogP contribution in [0.15, 0.2) is 12.1 Å². The van der Waals surface area contributed by atoms with Gasteiger partial charge in [-0.05, 0) is 38.0 Å². The lowest BCUT2D eigenvalue weighted by molar-refractivity contribution is -0.136. The summed E-state index contributed by atoms with van der Waals surface area (Å²) in [6, 6.07) is 3.84. The molecule has 2 atom stereocenters. The van der Waals surface area contributed by atoms with Crippen LogP contribution in [-0.4, -0.2) is 29.0 Å². The number of benzene rings is 1. The summed E-state index contributed by atoms with van der Waals surface area (Å²) in [5.74, 6) is 0.636. The maximum atomic E-state index is 10.9. The van der Waals surface area contributed by atoms with Gasteiger partial charge in [-0.1, -0.05) is 0 Å². The van der Waals surface area contributed by atoms with Gasteiger partial charge in [0.2, 0.25) is 0 Å². The third kappa shape index (κ3) is 3.15. The summed E-state index contributed by atoms with van der Waals surface area (Å²) in [6.45, 7) is 4.47. The number of carboxylic acids is 1. The molecule has 0 bridgehead atoms. The van der Waals surface area contributed by atoms with Crippen LogP contribution in [0, 0.1) is 0 Å². The first-order chi connectivity index (χ1) is 9.01. The van der Waals surface area contributed by atoms with Gasteiger partial charge < -0.3 is 14.6 Å². The first-order valence-electron chi connectivity index (χ1n) is 6.37. The van der Waals surface area contributed by atoms with E-state index in [1.54, 1.807) is 0 Å². The summed E-state index contributed by atoms with van der Waals surface area (Å²) in [7, 11) is 0. The minimum atomic E-state index is -0.930. The van der Waals surface area contributed by atoms with Crippen molar-refractivity contribution in [3.63, 3.8) is 0 Å². The van der Waals surface area contributed by atoms with E-state index in [1.165, 1.54) is 0 Å². The molecule has 0 saturated carbocycles. The first kappa shape index (κ1) is 14.1. The van der Waals surface area contributed by atoms with Crippen molar-refractivity contribution in [2.75, 3.05) is 6.61 Å². The molecule has 2 rings (SSSR count). The number of carbonyl (C=O) groups is 1. The zero-order chi connectivity index (χ0) is 14.0. The zero-order valence-electron chi connectivity index (χ0n) is 11.0. The molecule has 1 heterocycles. The van der Waals surface area contributed by atoms with E-state index in [4.69, 9.17) is 14.6 Å². The Kier molecular flexibility index (Phi) is 4.24. The zero-order valence-corrected chi connectivity index (χ0v) is 11.9. The van der Waals surface area contributed by atoms with Crippen molar-refractivity contribution in [2.24, 2.45) is 0 Å². The van der Waals surface area contributed by atoms with Crippen LogP contribution in [0.3, 0.4) is 0 Å². The van der Waals surface area contributed by atoms with Crippen LogP contribution in [0.5, 0.6) is 11.5 Å². The van der Waals surface area contributed by atoms with E-state index in [-0.39, 0.29) is 6.10 Å². The van der Waals surface area contributed by atoms with Gasteiger partial charge in [0, 0.05) is 12.0 Å². The van der Waals surface area contributed by atoms with Crippen LogP contribution >= 0.6 is 12.6 Å². The number of fused-ring (bicyclic) bond motifs is 1. The number of hydrogen-bond acceptors (Lipinski definition) is 4. The molecule has 1 aromatic rings. The molecule has 0 aliphatic carbocycles. The maximum Gasteiger partial charge on any atom is 0.316 e. The molecule has 0 fully saturated rings. The van der Waals surface area contributed by atoms with Crippen molar-refractivity contribution in [1.82, 2.24) is 0 Å². The van der Waals surface area contributed by atoms with E-state index < -0.39 is 11.2 Å². The van der Waals surface area contributed by atoms with Crippen LogP contribution < -0.4 is 9.47 Å². The molecule has 0 aromatic heterocycles. The van der Waals surface area contributed by atoms with Gasteiger partial charge in [0.1, 0.15) is 22.9 Å². The van der Waals surface area contributed by atoms with Gasteiger partial charge >= 0.3 is 5.97 Å². The highest BCUT2D eigenvalue weighted by atomic mass is 32.1. The molecule has 0 spiro atoms. The Hall–Kier alpha value is -1.36. The highest BCUT2D eigenvalue weighted by molar-refractivity contribution is 7.81. The molecule has 0 saturated heterocycles. The standard InChI is InChI=1S/C14H18O4S/c1-3-17-11-5-9-4-8(2)18-12(9)6-10(11)7-13(19)14(15)16/h5-6,8,13,19H,3-4,7H2,1-2H3,(H,15,16). The van der Waals surface area contributed by atoms with E-state index in [0.29, 0.717) is 13.0 Å². The molecular formula is C14H18O4S. The quantitative estimate of drug-likeness (QED) is 0.814. The van der Waals surface area contributed by atoms with Gasteiger partial charge in [0.15, 0.2) is 0 Å². The van der Waals surface area contributed by atoms with Gasteiger partial charge in [0.25, 0.3) is 0 Å². The topological polar surface area (TPSA) is 55.8 Å². The van der Waals surface area contributed by atoms with Crippen LogP contribution in [0.2, 0.25) is 0 Å². The number of rotatable bonds is 5. The third-order valence-corrected chi connectivity index (χ3v) is 3.48. The van der Waals surface area contributed by atoms with Gasteiger partial charge in [-0.15, -0.1) is 0 Å². The van der Waals surface area contributed by atoms with E-state index in [0.717, 1.165) is 29.0 Å². The van der Waals surface area contributed by atoms with Crippen molar-refractivity contribution in [1.29, 1.82) is 0 Å². The molecule has 1 aliphatic rings. The normalized spacial score (nSPS) is 18.6. The lowest BCUT2D eigenvalue weighted by Gasteiger charge is -2.14. The number of ether oxygens (including phenoxy) is 2. The van der Waals surface area contributed by atoms with Crippen molar-refractivity contribution < 1.29 is 19.4 Å². The van der Waals surface area contributed by atoms with E-state index in [1.807, 2.05) is 26.0 Å². The SMILES string of the molecule is CCOc1cc2c(cc1CC(S)C(=O)O)OC(C)C2. The minimum Gasteiger partial charge on any atom is -0.494 e. The molecule has 1 N–H and O–H groups in total. The molecule has 4 nitrogen and oxygen atoms in total. The number of hydrogen-bond donors (Lipinski definition) is 2. The molecule has 19 heavy (non-hydrogen) atoms. The Morgan fingerprint density at radius 3 is 3.00 bits per heavy atom. The highest BCUT2D eigenvalue weighted by Gasteiger charge is 2.23. The van der Waals surface area contributed by atoms with Crippen molar-refractivity contribution in [2.45, 2.75) is 38.0 Å². The minimum absolute atomic E-state index is 0.158. The first-order valence-corrected chi connectivity index (χ1v) is 6.89. The largest absolute Gasteiger partial charge is 0.494 e. The number of thiol groups is 1. The van der Waals surface area contributed by atoms with E-state index in [2.05, 4.69) is 12.6 Å². The van der Waals surface area contributed by atoms with E-state index >= 15 is 0 Å². The average molecular weight is 282 g/mol. The molecule has 1 aliphatic heterocycles. The molecule has 5 heteroatoms. The lowest BCUT2D eigenvalue weighted by Crippen LogP contribution is -2.16. The second kappa shape index (κ2) is 5.74. The Morgan fingerprint density at radius 2 is 2.37 bits per heavy atom. The lowest BCUT2D eigenvalue weighted by atomic mass is 10.0. The second-order valence-electron chi connectivity index (χ2n) is 4.69. The monoisotopic (exact) mass is 282 g/mol. The highest BCUT2D eigenvalue weighted by Crippen LogP contribution is 2.36. The predicted octanol–water partition coefficient (Wildman–Crippen LogP) is 2.33. The number of aliphatic carboxylic acids is 1. The van der Waals surface area contributed by atoms with E-state index in [9.17, 15) is 4.79 Å². The molecule has 0 radical (unpaired) electrons. The summed E-state index contributed by atoms with van der Waals surface area (Å²) in [5.41, 5.74) is 1.95. The summed E-state index contributed by atoms with van der Waals surface area (Å²) < 4.78 is 11.3. The summed E-state index contributed by atoms with van der Waals surface area (Å²) >= 11 is 4.08. The smallest absolute Gasteiger partial charge is 0.316 e. The third-order valence-electron chi connectivity index (χ3n) is 3.08. The summed E-state index contributed by atoms with van der Waals surface area (Å²) in [6.07, 6.45) is 1.34. The average Bonchev–Trinajstić information content (AvgIpc) is 2.68. The maximum absolute atomic E-state index is 10.9. The fourth-order valence-electron chi connectivity index (χ4n) is 2.23. The molecular weight excluding hydrogens is 264 g/mol. The van der Waals surface area contributed by atoms with Crippen molar-refractivity contribution in [3.05, 3.63) is 23.3 Å². The summed E-state index contributed by atoms with van der Waals surface area (Å²) in [4.78, 5) is 10.9. The molecule has 1 aromatic carbocycles. The molecule has 104 valence electrons. The Balaban J connectivity index is 2.30. The van der Waals surface area contributed by atoms with Gasteiger partial charge in [-0.2, -0.15) is 12.6 Å². The fraction of sp³-hybridized carbons (Fsp3) is 0.500. The Morgan fingerprint density at radius 1 is 1.63 bits per heavy atom. The fourth-order valence-corrected chi connectivity index (χ4v) is 2.42. The summed E-state index contributed by atoms with van der Waals surface area (Å²) in [5, 5.41) is 8.21. The van der Waals surface area contributed by atoms with Crippen molar-refractivity contribution >= 4 is 18.6 Å². The second-order valence-corrected chi connectivity index (χ2v) is 5.31. The van der Waals surface area contributed by atoms with Crippen molar-refractivity contribution in [3.8, 4) is 11.5 Å². The number of carboxylic acid groups (broad SMARTS) is 1. The van der Waals surface area contributed by atoms with Crippen LogP contribution in [0.4, 0.5) is 0 Å². The molecule has 2 unspecified atom stereocenters. The van der Waals surface area contributed by atoms with Crippen LogP contribution in [0.25, 0.3) is 0 Å².